The topological polar surface area (TPSA) is 111 Å². The molecule has 0 aromatic carbocycles. The molecule has 72 valence electrons. The number of likely N-dealkylation sites (N-methyl/N-ethyl adjacent to an activating group) is 1. The van der Waals surface area contributed by atoms with Crippen LogP contribution in [0.3, 0.4) is 0 Å². The molecule has 0 spiro atoms. The Morgan fingerprint density at radius 1 is 1.77 bits per heavy atom. The highest BCUT2D eigenvalue weighted by Crippen LogP contribution is 1.81. The van der Waals surface area contributed by atoms with E-state index in [0.717, 1.165) is 12.3 Å². The molecule has 0 saturated carbocycles. The Balaban J connectivity index is 3.94. The van der Waals surface area contributed by atoms with E-state index in [1.54, 1.807) is 0 Å². The summed E-state index contributed by atoms with van der Waals surface area (Å²) >= 11 is 0. The van der Waals surface area contributed by atoms with E-state index in [1.165, 1.54) is 7.05 Å². The number of carbonyl (C=O) groups excluding carboxylic acids is 1. The minimum Gasteiger partial charge on any atom is -0.358 e. The van der Waals surface area contributed by atoms with Gasteiger partial charge in [-0.2, -0.15) is 0 Å². The minimum absolute atomic E-state index is 0.0714. The maximum atomic E-state index is 10.6. The summed E-state index contributed by atoms with van der Waals surface area (Å²) in [5.41, 5.74) is 4.94. The first-order valence-corrected chi connectivity index (χ1v) is 3.38. The molecule has 0 atom stereocenters. The van der Waals surface area contributed by atoms with Gasteiger partial charge >= 0.3 is 5.82 Å². The second kappa shape index (κ2) is 5.70. The monoisotopic (exact) mass is 186 g/mol. The quantitative estimate of drug-likeness (QED) is 0.329. The number of hydrogen-bond donors (Lipinski definition) is 2. The molecule has 0 aliphatic carbocycles. The van der Waals surface area contributed by atoms with Gasteiger partial charge in [0.05, 0.1) is 0 Å². The van der Waals surface area contributed by atoms with Crippen molar-refractivity contribution in [2.75, 3.05) is 13.6 Å². The SMILES string of the molecule is CNC(=O)CN=C/C=C(\N)[N+](=O)[O-]. The molecule has 0 saturated heterocycles. The summed E-state index contributed by atoms with van der Waals surface area (Å²) < 4.78 is 0. The Bertz CT molecular complexity index is 259. The summed E-state index contributed by atoms with van der Waals surface area (Å²) in [6.45, 7) is -0.0714. The number of carbonyl (C=O) groups is 1. The average Bonchev–Trinajstić information content (AvgIpc) is 2.11. The first-order valence-electron chi connectivity index (χ1n) is 3.38. The molecule has 0 radical (unpaired) electrons. The summed E-state index contributed by atoms with van der Waals surface area (Å²) in [6, 6.07) is 0. The lowest BCUT2D eigenvalue weighted by molar-refractivity contribution is -0.426. The number of rotatable bonds is 4. The summed E-state index contributed by atoms with van der Waals surface area (Å²) in [5.74, 6) is -0.787. The van der Waals surface area contributed by atoms with Crippen LogP contribution in [0.5, 0.6) is 0 Å². The summed E-state index contributed by atoms with van der Waals surface area (Å²) in [7, 11) is 1.47. The third-order valence-electron chi connectivity index (χ3n) is 1.08. The summed E-state index contributed by atoms with van der Waals surface area (Å²) in [4.78, 5) is 23.4. The summed E-state index contributed by atoms with van der Waals surface area (Å²) in [5, 5.41) is 12.3. The van der Waals surface area contributed by atoms with Gasteiger partial charge < -0.3 is 15.4 Å². The highest BCUT2D eigenvalue weighted by atomic mass is 16.6. The predicted molar refractivity (Wildman–Crippen MR) is 46.7 cm³/mol. The maximum absolute atomic E-state index is 10.6. The minimum atomic E-state index is -0.744. The largest absolute Gasteiger partial charge is 0.358 e. The van der Waals surface area contributed by atoms with Crippen molar-refractivity contribution < 1.29 is 9.72 Å². The van der Waals surface area contributed by atoms with E-state index in [-0.39, 0.29) is 12.5 Å². The number of nitro groups is 1. The molecule has 0 aromatic rings. The van der Waals surface area contributed by atoms with Crippen LogP contribution >= 0.6 is 0 Å². The molecule has 0 unspecified atom stereocenters. The molecule has 0 aliphatic rings. The third kappa shape index (κ3) is 5.36. The molecule has 0 fully saturated rings. The predicted octanol–water partition coefficient (Wildman–Crippen LogP) is -1.12. The smallest absolute Gasteiger partial charge is 0.315 e. The second-order valence-corrected chi connectivity index (χ2v) is 2.01. The number of allylic oxidation sites excluding steroid dienone is 1. The molecular weight excluding hydrogens is 176 g/mol. The van der Waals surface area contributed by atoms with Crippen LogP contribution in [0.15, 0.2) is 16.9 Å². The molecule has 7 nitrogen and oxygen atoms in total. The fourth-order valence-electron chi connectivity index (χ4n) is 0.405. The Morgan fingerprint density at radius 2 is 2.38 bits per heavy atom. The Labute approximate surface area is 74.5 Å². The number of nitrogens with zero attached hydrogens (tertiary/aromatic N) is 2. The van der Waals surface area contributed by atoms with Crippen LogP contribution in [0, 0.1) is 10.1 Å². The van der Waals surface area contributed by atoms with Crippen LogP contribution < -0.4 is 11.1 Å². The number of amides is 1. The number of hydrogen-bond acceptors (Lipinski definition) is 5. The normalized spacial score (nSPS) is 11.6. The van der Waals surface area contributed by atoms with Crippen LogP contribution in [-0.2, 0) is 4.79 Å². The summed E-state index contributed by atoms with van der Waals surface area (Å²) in [6.07, 6.45) is 2.14. The van der Waals surface area contributed by atoms with Gasteiger partial charge in [-0.25, -0.2) is 0 Å². The molecule has 0 heterocycles. The van der Waals surface area contributed by atoms with Crippen molar-refractivity contribution in [1.82, 2.24) is 5.32 Å². The third-order valence-corrected chi connectivity index (χ3v) is 1.08. The van der Waals surface area contributed by atoms with Gasteiger partial charge in [0.1, 0.15) is 6.54 Å². The Kier molecular flexibility index (Phi) is 4.85. The van der Waals surface area contributed by atoms with Crippen LogP contribution in [0.25, 0.3) is 0 Å². The number of aliphatic imine (C=N–C) groups is 1. The van der Waals surface area contributed by atoms with Crippen LogP contribution in [0.2, 0.25) is 0 Å². The van der Waals surface area contributed by atoms with Gasteiger partial charge in [0.2, 0.25) is 5.91 Å². The molecule has 0 rings (SSSR count). The van der Waals surface area contributed by atoms with Gasteiger partial charge in [0, 0.05) is 19.3 Å². The van der Waals surface area contributed by atoms with Gasteiger partial charge in [-0.1, -0.05) is 0 Å². The molecule has 1 amide bonds. The molecule has 7 heteroatoms. The molecule has 3 N–H and O–H groups in total. The lowest BCUT2D eigenvalue weighted by atomic mass is 10.5. The van der Waals surface area contributed by atoms with Crippen molar-refractivity contribution in [2.45, 2.75) is 0 Å². The van der Waals surface area contributed by atoms with Crippen molar-refractivity contribution >= 4 is 12.1 Å². The van der Waals surface area contributed by atoms with Crippen LogP contribution in [-0.4, -0.2) is 30.6 Å². The first kappa shape index (κ1) is 11.1. The lowest BCUT2D eigenvalue weighted by Gasteiger charge is -1.91. The van der Waals surface area contributed by atoms with E-state index in [0.29, 0.717) is 0 Å². The lowest BCUT2D eigenvalue weighted by Crippen LogP contribution is -2.20. The van der Waals surface area contributed by atoms with Gasteiger partial charge in [0.25, 0.3) is 0 Å². The van der Waals surface area contributed by atoms with Crippen LogP contribution in [0.4, 0.5) is 0 Å². The average molecular weight is 186 g/mol. The van der Waals surface area contributed by atoms with Gasteiger partial charge in [0.15, 0.2) is 0 Å². The fourth-order valence-corrected chi connectivity index (χ4v) is 0.405. The number of nitrogens with one attached hydrogen (secondary N) is 1. The maximum Gasteiger partial charge on any atom is 0.315 e. The molecular formula is C6H10N4O3. The molecule has 0 aromatic heterocycles. The van der Waals surface area contributed by atoms with Crippen LogP contribution in [0.1, 0.15) is 0 Å². The molecule has 0 bridgehead atoms. The van der Waals surface area contributed by atoms with Crippen molar-refractivity contribution in [2.24, 2.45) is 10.7 Å². The standard InChI is InChI=1S/C6H10N4O3/c1-8-6(11)4-9-3-2-5(7)10(12)13/h2-3H,4,7H2,1H3,(H,8,11)/b5-2+,9-3?. The van der Waals surface area contributed by atoms with Crippen molar-refractivity contribution in [1.29, 1.82) is 0 Å². The van der Waals surface area contributed by atoms with Crippen molar-refractivity contribution in [3.63, 3.8) is 0 Å². The zero-order valence-electron chi connectivity index (χ0n) is 7.06. The van der Waals surface area contributed by atoms with E-state index >= 15 is 0 Å². The fraction of sp³-hybridized carbons (Fsp3) is 0.333. The van der Waals surface area contributed by atoms with E-state index in [1.807, 2.05) is 0 Å². The zero-order chi connectivity index (χ0) is 10.3. The van der Waals surface area contributed by atoms with E-state index < -0.39 is 10.7 Å². The molecule has 0 aliphatic heterocycles. The van der Waals surface area contributed by atoms with Crippen molar-refractivity contribution in [3.05, 3.63) is 22.0 Å². The van der Waals surface area contributed by atoms with E-state index in [9.17, 15) is 14.9 Å². The Hall–Kier alpha value is -1.92. The Morgan fingerprint density at radius 3 is 2.85 bits per heavy atom. The van der Waals surface area contributed by atoms with Crippen molar-refractivity contribution in [3.8, 4) is 0 Å². The highest BCUT2D eigenvalue weighted by molar-refractivity contribution is 5.81. The van der Waals surface area contributed by atoms with E-state index in [2.05, 4.69) is 10.3 Å². The van der Waals surface area contributed by atoms with Gasteiger partial charge in [-0.05, 0) is 4.92 Å². The number of nitrogens with two attached hydrogens (primary N) is 1. The zero-order valence-corrected chi connectivity index (χ0v) is 7.06. The second-order valence-electron chi connectivity index (χ2n) is 2.01. The first-order chi connectivity index (χ1) is 6.07. The molecule has 13 heavy (non-hydrogen) atoms. The van der Waals surface area contributed by atoms with E-state index in [4.69, 9.17) is 5.73 Å². The van der Waals surface area contributed by atoms with Gasteiger partial charge in [-0.3, -0.25) is 15.5 Å². The highest BCUT2D eigenvalue weighted by Gasteiger charge is 1.96. The van der Waals surface area contributed by atoms with Gasteiger partial charge in [-0.15, -0.1) is 0 Å².